The number of rotatable bonds is 4. The van der Waals surface area contributed by atoms with Crippen LogP contribution < -0.4 is 10.9 Å². The van der Waals surface area contributed by atoms with Crippen molar-refractivity contribution in [2.75, 3.05) is 5.32 Å². The van der Waals surface area contributed by atoms with Gasteiger partial charge in [-0.3, -0.25) is 24.2 Å². The second-order valence-electron chi connectivity index (χ2n) is 10.7. The van der Waals surface area contributed by atoms with Crippen molar-refractivity contribution in [2.24, 2.45) is 5.92 Å². The molecular weight excluding hydrogens is 617 g/mol. The number of anilines is 1. The number of aromatic nitrogens is 10. The first kappa shape index (κ1) is 28.6. The van der Waals surface area contributed by atoms with E-state index in [1.807, 2.05) is 19.1 Å². The molecule has 2 atom stereocenters. The third kappa shape index (κ3) is 5.63. The Kier molecular flexibility index (Phi) is 7.47. The van der Waals surface area contributed by atoms with Crippen molar-refractivity contribution in [3.63, 3.8) is 0 Å². The molecular formula is C30H25Cl2N11O2. The van der Waals surface area contributed by atoms with E-state index in [2.05, 4.69) is 35.8 Å². The summed E-state index contributed by atoms with van der Waals surface area (Å²) in [5.41, 5.74) is 3.85. The number of amides is 1. The topological polar surface area (TPSA) is 154 Å². The van der Waals surface area contributed by atoms with E-state index in [0.717, 1.165) is 5.56 Å². The Morgan fingerprint density at radius 1 is 0.978 bits per heavy atom. The monoisotopic (exact) mass is 641 g/mol. The lowest BCUT2D eigenvalue weighted by atomic mass is 9.97. The Hall–Kier alpha value is -5.14. The van der Waals surface area contributed by atoms with Crippen LogP contribution in [-0.4, -0.2) is 55.4 Å². The highest BCUT2D eigenvalue weighted by Crippen LogP contribution is 2.33. The third-order valence-corrected chi connectivity index (χ3v) is 8.18. The Bertz CT molecular complexity index is 2080. The number of pyridine rings is 1. The van der Waals surface area contributed by atoms with Gasteiger partial charge in [0.15, 0.2) is 11.0 Å². The number of hydrogen-bond acceptors (Lipinski definition) is 8. The minimum Gasteiger partial charge on any atom is -0.323 e. The molecule has 45 heavy (non-hydrogen) atoms. The molecule has 13 nitrogen and oxygen atoms in total. The smallest absolute Gasteiger partial charge is 0.254 e. The van der Waals surface area contributed by atoms with Crippen LogP contribution in [0.2, 0.25) is 10.2 Å². The Labute approximate surface area is 265 Å². The lowest BCUT2D eigenvalue weighted by Crippen LogP contribution is -2.27. The number of carbonyl (C=O) groups excluding carboxylic acids is 1. The van der Waals surface area contributed by atoms with Crippen LogP contribution in [0.3, 0.4) is 0 Å². The molecule has 0 unspecified atom stereocenters. The van der Waals surface area contributed by atoms with Crippen LogP contribution in [0.4, 0.5) is 5.69 Å². The summed E-state index contributed by atoms with van der Waals surface area (Å²) in [6, 6.07) is 11.7. The van der Waals surface area contributed by atoms with Gasteiger partial charge in [-0.15, -0.1) is 5.10 Å². The van der Waals surface area contributed by atoms with E-state index in [1.54, 1.807) is 58.3 Å². The number of halogens is 2. The van der Waals surface area contributed by atoms with Crippen molar-refractivity contribution in [3.8, 4) is 34.0 Å². The van der Waals surface area contributed by atoms with Crippen LogP contribution in [-0.2, 0) is 4.79 Å². The molecule has 0 spiro atoms. The quantitative estimate of drug-likeness (QED) is 0.269. The van der Waals surface area contributed by atoms with Gasteiger partial charge in [0.2, 0.25) is 5.91 Å². The normalized spacial score (nSPS) is 16.8. The first-order valence-electron chi connectivity index (χ1n) is 14.2. The van der Waals surface area contributed by atoms with Gasteiger partial charge in [0, 0.05) is 46.6 Å². The van der Waals surface area contributed by atoms with E-state index in [4.69, 9.17) is 28.3 Å². The second kappa shape index (κ2) is 11.7. The van der Waals surface area contributed by atoms with Crippen LogP contribution in [0.25, 0.3) is 34.0 Å². The molecule has 15 heteroatoms. The van der Waals surface area contributed by atoms with E-state index < -0.39 is 6.04 Å². The molecule has 0 saturated carbocycles. The highest BCUT2D eigenvalue weighted by molar-refractivity contribution is 6.31. The van der Waals surface area contributed by atoms with Gasteiger partial charge >= 0.3 is 0 Å². The predicted octanol–water partition coefficient (Wildman–Crippen LogP) is 5.12. The van der Waals surface area contributed by atoms with Crippen LogP contribution in [0.1, 0.15) is 37.9 Å². The number of H-pyrrole nitrogens is 1. The van der Waals surface area contributed by atoms with E-state index >= 15 is 0 Å². The molecule has 0 radical (unpaired) electrons. The van der Waals surface area contributed by atoms with Gasteiger partial charge in [-0.2, -0.15) is 10.2 Å². The number of carbonyl (C=O) groups is 1. The van der Waals surface area contributed by atoms with Crippen molar-refractivity contribution >= 4 is 34.8 Å². The molecule has 2 bridgehead atoms. The molecule has 6 heterocycles. The Balaban J connectivity index is 1.31. The molecule has 1 aromatic carbocycles. The van der Waals surface area contributed by atoms with E-state index in [1.165, 1.54) is 17.1 Å². The summed E-state index contributed by atoms with van der Waals surface area (Å²) in [5.74, 6) is 0.189. The largest absolute Gasteiger partial charge is 0.323 e. The average Bonchev–Trinajstić information content (AvgIpc) is 3.81. The summed E-state index contributed by atoms with van der Waals surface area (Å²) in [4.78, 5) is 36.3. The molecule has 7 rings (SSSR count). The van der Waals surface area contributed by atoms with Gasteiger partial charge in [-0.1, -0.05) is 41.8 Å². The zero-order valence-corrected chi connectivity index (χ0v) is 25.3. The van der Waals surface area contributed by atoms with E-state index in [9.17, 15) is 9.59 Å². The highest BCUT2D eigenvalue weighted by atomic mass is 35.5. The fourth-order valence-corrected chi connectivity index (χ4v) is 5.75. The predicted molar refractivity (Wildman–Crippen MR) is 168 cm³/mol. The molecule has 5 aromatic heterocycles. The fourth-order valence-electron chi connectivity index (χ4n) is 5.45. The van der Waals surface area contributed by atoms with E-state index in [-0.39, 0.29) is 22.5 Å². The van der Waals surface area contributed by atoms with Gasteiger partial charge in [-0.05, 0) is 43.2 Å². The summed E-state index contributed by atoms with van der Waals surface area (Å²) in [6.07, 6.45) is 10.0. The molecule has 1 aliphatic rings. The van der Waals surface area contributed by atoms with Crippen LogP contribution >= 0.6 is 23.2 Å². The van der Waals surface area contributed by atoms with E-state index in [0.29, 0.717) is 64.1 Å². The zero-order valence-electron chi connectivity index (χ0n) is 23.8. The maximum Gasteiger partial charge on any atom is 0.254 e. The second-order valence-corrected chi connectivity index (χ2v) is 11.6. The van der Waals surface area contributed by atoms with Gasteiger partial charge < -0.3 is 5.32 Å². The summed E-state index contributed by atoms with van der Waals surface area (Å²) < 4.78 is 4.68. The summed E-state index contributed by atoms with van der Waals surface area (Å²) >= 11 is 12.3. The molecule has 0 saturated heterocycles. The number of benzene rings is 1. The molecule has 2 N–H and O–H groups in total. The van der Waals surface area contributed by atoms with Crippen LogP contribution in [0.15, 0.2) is 78.4 Å². The number of nitrogens with zero attached hydrogens (tertiary/aromatic N) is 9. The zero-order chi connectivity index (χ0) is 31.1. The number of nitrogens with one attached hydrogen (secondary N) is 2. The Morgan fingerprint density at radius 2 is 1.87 bits per heavy atom. The van der Waals surface area contributed by atoms with Crippen LogP contribution in [0.5, 0.6) is 0 Å². The lowest BCUT2D eigenvalue weighted by molar-refractivity contribution is -0.119. The van der Waals surface area contributed by atoms with Crippen molar-refractivity contribution in [2.45, 2.75) is 32.2 Å². The summed E-state index contributed by atoms with van der Waals surface area (Å²) in [7, 11) is 0. The summed E-state index contributed by atoms with van der Waals surface area (Å²) in [6.45, 7) is 1.89. The maximum absolute atomic E-state index is 13.8. The standard InChI is InChI=1S/C30H25Cl2N11O2/c1-17-3-2-4-25(22-11-18(7-9-33-22)29-23(36-30(17)45)14-43(39-29)27-8-10-35-38-27)41-16-34-21(13-28(41)44)20-12-19(31)5-6-24(20)42-15-26(32)37-40-42/h5-17,25H,2-4H2,1H3,(H,35,38)(H,36,45)/t17-,25+/m1/s1. The molecule has 226 valence electrons. The minimum absolute atomic E-state index is 0.113. The number of fused-ring (bicyclic) bond motifs is 4. The van der Waals surface area contributed by atoms with Gasteiger partial charge in [0.05, 0.1) is 47.5 Å². The SMILES string of the molecule is C[C@@H]1CCC[C@H](n2cnc(-c3cc(Cl)ccc3-n3cc(Cl)nn3)cc2=O)c2cc(ccn2)-c2nn(-c3cc[nH]n3)cc2NC1=O. The lowest BCUT2D eigenvalue weighted by Gasteiger charge is -2.22. The van der Waals surface area contributed by atoms with Crippen molar-refractivity contribution in [1.82, 2.24) is 49.5 Å². The van der Waals surface area contributed by atoms with Gasteiger partial charge in [-0.25, -0.2) is 14.3 Å². The molecule has 0 fully saturated rings. The van der Waals surface area contributed by atoms with Crippen molar-refractivity contribution in [1.29, 1.82) is 0 Å². The highest BCUT2D eigenvalue weighted by Gasteiger charge is 2.24. The van der Waals surface area contributed by atoms with Gasteiger partial charge in [0.1, 0.15) is 5.69 Å². The molecule has 0 aliphatic carbocycles. The fraction of sp³-hybridized carbons (Fsp3) is 0.200. The third-order valence-electron chi connectivity index (χ3n) is 7.77. The number of hydrogen-bond donors (Lipinski definition) is 2. The van der Waals surface area contributed by atoms with Crippen LogP contribution in [0, 0.1) is 5.92 Å². The average molecular weight is 643 g/mol. The molecule has 1 aliphatic heterocycles. The Morgan fingerprint density at radius 3 is 2.64 bits per heavy atom. The first-order chi connectivity index (χ1) is 21.8. The minimum atomic E-state index is -0.446. The number of aromatic amines is 1. The summed E-state index contributed by atoms with van der Waals surface area (Å²) in [5, 5.41) is 23.4. The first-order valence-corrected chi connectivity index (χ1v) is 14.9. The van der Waals surface area contributed by atoms with Crippen molar-refractivity contribution < 1.29 is 4.79 Å². The van der Waals surface area contributed by atoms with Gasteiger partial charge in [0.25, 0.3) is 5.56 Å². The molecule has 1 amide bonds. The maximum atomic E-state index is 13.8. The molecule has 6 aromatic rings. The van der Waals surface area contributed by atoms with Crippen molar-refractivity contribution in [3.05, 3.63) is 99.8 Å².